The van der Waals surface area contributed by atoms with Crippen LogP contribution in [-0.2, 0) is 0 Å². The Bertz CT molecular complexity index is 731. The van der Waals surface area contributed by atoms with Gasteiger partial charge in [-0.25, -0.2) is 4.98 Å². The molecule has 0 bridgehead atoms. The number of rotatable bonds is 1. The third-order valence-electron chi connectivity index (χ3n) is 3.05. The molecular weight excluding hydrogens is 290 g/mol. The van der Waals surface area contributed by atoms with Crippen LogP contribution in [0.25, 0.3) is 16.7 Å². The van der Waals surface area contributed by atoms with Crippen LogP contribution in [0.2, 0.25) is 0 Å². The molecule has 3 aromatic rings. The molecule has 4 heteroatoms. The molecule has 0 unspecified atom stereocenters. The molecule has 2 N–H and O–H groups in total. The third-order valence-corrected chi connectivity index (χ3v) is 3.68. The Morgan fingerprint density at radius 1 is 1.22 bits per heavy atom. The average molecular weight is 302 g/mol. The van der Waals surface area contributed by atoms with Gasteiger partial charge in [-0.15, -0.1) is 0 Å². The first-order valence-electron chi connectivity index (χ1n) is 5.65. The summed E-state index contributed by atoms with van der Waals surface area (Å²) in [6, 6.07) is 12.1. The molecule has 18 heavy (non-hydrogen) atoms. The second kappa shape index (κ2) is 4.14. The third kappa shape index (κ3) is 1.69. The van der Waals surface area contributed by atoms with Gasteiger partial charge >= 0.3 is 0 Å². The standard InChI is InChI=1S/C14H12BrN3/c1-9-6-14(10(15)7-11(9)16)18-8-17-12-4-2-3-5-13(12)18/h2-8H,16H2,1H3. The van der Waals surface area contributed by atoms with Crippen molar-refractivity contribution >= 4 is 32.7 Å². The van der Waals surface area contributed by atoms with Crippen LogP contribution in [-0.4, -0.2) is 9.55 Å². The van der Waals surface area contributed by atoms with Crippen LogP contribution in [0, 0.1) is 6.92 Å². The van der Waals surface area contributed by atoms with Crippen molar-refractivity contribution in [3.05, 3.63) is 52.8 Å². The first-order valence-corrected chi connectivity index (χ1v) is 6.44. The number of imidazole rings is 1. The fourth-order valence-corrected chi connectivity index (χ4v) is 2.57. The first-order chi connectivity index (χ1) is 8.66. The summed E-state index contributed by atoms with van der Waals surface area (Å²) >= 11 is 3.56. The predicted molar refractivity (Wildman–Crippen MR) is 77.9 cm³/mol. The smallest absolute Gasteiger partial charge is 0.100 e. The van der Waals surface area contributed by atoms with E-state index in [1.165, 1.54) is 0 Å². The molecule has 0 radical (unpaired) electrons. The maximum absolute atomic E-state index is 5.90. The lowest BCUT2D eigenvalue weighted by Gasteiger charge is -2.10. The van der Waals surface area contributed by atoms with Crippen LogP contribution >= 0.6 is 15.9 Å². The van der Waals surface area contributed by atoms with Gasteiger partial charge in [0.15, 0.2) is 0 Å². The second-order valence-corrected chi connectivity index (χ2v) is 5.12. The highest BCUT2D eigenvalue weighted by Gasteiger charge is 2.09. The summed E-state index contributed by atoms with van der Waals surface area (Å²) in [5.41, 5.74) is 10.9. The number of para-hydroxylation sites is 2. The number of nitrogens with two attached hydrogens (primary N) is 1. The summed E-state index contributed by atoms with van der Waals surface area (Å²) in [6.45, 7) is 2.00. The molecule has 1 heterocycles. The Morgan fingerprint density at radius 3 is 2.83 bits per heavy atom. The second-order valence-electron chi connectivity index (χ2n) is 4.26. The van der Waals surface area contributed by atoms with Gasteiger partial charge in [-0.1, -0.05) is 12.1 Å². The lowest BCUT2D eigenvalue weighted by Crippen LogP contribution is -1.97. The maximum Gasteiger partial charge on any atom is 0.100 e. The van der Waals surface area contributed by atoms with E-state index in [0.717, 1.165) is 32.4 Å². The highest BCUT2D eigenvalue weighted by atomic mass is 79.9. The monoisotopic (exact) mass is 301 g/mol. The molecule has 3 rings (SSSR count). The van der Waals surface area contributed by atoms with Crippen molar-refractivity contribution in [2.75, 3.05) is 5.73 Å². The van der Waals surface area contributed by atoms with E-state index in [4.69, 9.17) is 5.73 Å². The summed E-state index contributed by atoms with van der Waals surface area (Å²) in [5, 5.41) is 0. The molecule has 0 aliphatic heterocycles. The number of aryl methyl sites for hydroxylation is 1. The van der Waals surface area contributed by atoms with Crippen molar-refractivity contribution in [2.45, 2.75) is 6.92 Å². The van der Waals surface area contributed by atoms with Gasteiger partial charge in [-0.2, -0.15) is 0 Å². The molecule has 0 fully saturated rings. The van der Waals surface area contributed by atoms with Gasteiger partial charge in [0.2, 0.25) is 0 Å². The average Bonchev–Trinajstić information content (AvgIpc) is 2.78. The van der Waals surface area contributed by atoms with Crippen LogP contribution < -0.4 is 5.73 Å². The molecule has 0 saturated carbocycles. The maximum atomic E-state index is 5.90. The first kappa shape index (κ1) is 11.3. The number of anilines is 1. The van der Waals surface area contributed by atoms with Crippen molar-refractivity contribution < 1.29 is 0 Å². The molecular formula is C14H12BrN3. The number of aromatic nitrogens is 2. The number of fused-ring (bicyclic) bond motifs is 1. The zero-order chi connectivity index (χ0) is 12.7. The van der Waals surface area contributed by atoms with E-state index < -0.39 is 0 Å². The molecule has 0 aliphatic rings. The normalized spacial score (nSPS) is 11.0. The number of nitrogens with zero attached hydrogens (tertiary/aromatic N) is 2. The van der Waals surface area contributed by atoms with E-state index in [1.807, 2.05) is 37.5 Å². The van der Waals surface area contributed by atoms with E-state index in [2.05, 4.69) is 37.6 Å². The Kier molecular flexibility index (Phi) is 2.59. The van der Waals surface area contributed by atoms with Gasteiger partial charge in [0.25, 0.3) is 0 Å². The lowest BCUT2D eigenvalue weighted by molar-refractivity contribution is 1.08. The number of halogens is 1. The van der Waals surface area contributed by atoms with E-state index in [1.54, 1.807) is 0 Å². The van der Waals surface area contributed by atoms with Crippen LogP contribution in [0.5, 0.6) is 0 Å². The van der Waals surface area contributed by atoms with Gasteiger partial charge in [0.1, 0.15) is 6.33 Å². The quantitative estimate of drug-likeness (QED) is 0.697. The van der Waals surface area contributed by atoms with E-state index in [9.17, 15) is 0 Å². The number of hydrogen-bond donors (Lipinski definition) is 1. The van der Waals surface area contributed by atoms with Crippen LogP contribution in [0.1, 0.15) is 5.56 Å². The van der Waals surface area contributed by atoms with Crippen molar-refractivity contribution in [1.29, 1.82) is 0 Å². The zero-order valence-electron chi connectivity index (χ0n) is 9.89. The van der Waals surface area contributed by atoms with Gasteiger partial charge < -0.3 is 5.73 Å². The van der Waals surface area contributed by atoms with E-state index >= 15 is 0 Å². The Labute approximate surface area is 113 Å². The number of hydrogen-bond acceptors (Lipinski definition) is 2. The Balaban J connectivity index is 2.29. The highest BCUT2D eigenvalue weighted by Crippen LogP contribution is 2.28. The molecule has 0 atom stereocenters. The summed E-state index contributed by atoms with van der Waals surface area (Å²) in [4.78, 5) is 4.40. The summed E-state index contributed by atoms with van der Waals surface area (Å²) in [6.07, 6.45) is 1.83. The largest absolute Gasteiger partial charge is 0.398 e. The molecule has 0 saturated heterocycles. The molecule has 3 nitrogen and oxygen atoms in total. The van der Waals surface area contributed by atoms with Crippen LogP contribution in [0.3, 0.4) is 0 Å². The zero-order valence-corrected chi connectivity index (χ0v) is 11.5. The van der Waals surface area contributed by atoms with Crippen LogP contribution in [0.4, 0.5) is 5.69 Å². The van der Waals surface area contributed by atoms with E-state index in [-0.39, 0.29) is 0 Å². The lowest BCUT2D eigenvalue weighted by atomic mass is 10.2. The number of benzene rings is 2. The molecule has 1 aromatic heterocycles. The van der Waals surface area contributed by atoms with E-state index in [0.29, 0.717) is 0 Å². The van der Waals surface area contributed by atoms with Gasteiger partial charge in [0.05, 0.1) is 16.7 Å². The number of nitrogen functional groups attached to an aromatic ring is 1. The van der Waals surface area contributed by atoms with Crippen molar-refractivity contribution in [3.8, 4) is 5.69 Å². The fourth-order valence-electron chi connectivity index (χ4n) is 2.02. The predicted octanol–water partition coefficient (Wildman–Crippen LogP) is 3.68. The van der Waals surface area contributed by atoms with Crippen molar-refractivity contribution in [2.24, 2.45) is 0 Å². The Morgan fingerprint density at radius 2 is 2.00 bits per heavy atom. The molecule has 0 amide bonds. The fraction of sp³-hybridized carbons (Fsp3) is 0.0714. The molecule has 0 aliphatic carbocycles. The summed E-state index contributed by atoms with van der Waals surface area (Å²) in [5.74, 6) is 0. The minimum Gasteiger partial charge on any atom is -0.398 e. The Hall–Kier alpha value is -1.81. The molecule has 2 aromatic carbocycles. The minimum absolute atomic E-state index is 0.787. The topological polar surface area (TPSA) is 43.8 Å². The van der Waals surface area contributed by atoms with Gasteiger partial charge in [0, 0.05) is 10.2 Å². The minimum atomic E-state index is 0.787. The van der Waals surface area contributed by atoms with Crippen molar-refractivity contribution in [3.63, 3.8) is 0 Å². The summed E-state index contributed by atoms with van der Waals surface area (Å²) < 4.78 is 3.03. The molecule has 90 valence electrons. The summed E-state index contributed by atoms with van der Waals surface area (Å²) in [7, 11) is 0. The molecule has 0 spiro atoms. The van der Waals surface area contributed by atoms with Crippen LogP contribution in [0.15, 0.2) is 47.2 Å². The van der Waals surface area contributed by atoms with Gasteiger partial charge in [-0.3, -0.25) is 4.57 Å². The van der Waals surface area contributed by atoms with Crippen molar-refractivity contribution in [1.82, 2.24) is 9.55 Å². The SMILES string of the molecule is Cc1cc(-n2cnc3ccccc32)c(Br)cc1N. The highest BCUT2D eigenvalue weighted by molar-refractivity contribution is 9.10. The van der Waals surface area contributed by atoms with Gasteiger partial charge in [-0.05, 0) is 52.7 Å².